The number of nitrogens with zero attached hydrogens (tertiary/aromatic N) is 5. The molecule has 4 heterocycles. The average Bonchev–Trinajstić information content (AvgIpc) is 3.26. The number of alkyl halides is 1. The van der Waals surface area contributed by atoms with Crippen LogP contribution in [0.4, 0.5) is 10.2 Å². The monoisotopic (exact) mass is 439 g/mol. The molecule has 2 aliphatic rings. The van der Waals surface area contributed by atoms with E-state index in [4.69, 9.17) is 9.72 Å². The SMILES string of the molecule is Cc1cc2c(nc1N1CCC(Oc3ccc4c(cnn4C)c3)[C@@H](F)C1)[C@H](CO)N(C)C2=O. The van der Waals surface area contributed by atoms with E-state index >= 15 is 4.39 Å². The smallest absolute Gasteiger partial charge is 0.256 e. The number of hydrogen-bond donors (Lipinski definition) is 1. The molecule has 0 radical (unpaired) electrons. The minimum atomic E-state index is -1.19. The Kier molecular flexibility index (Phi) is 5.00. The molecular formula is C23H26FN5O3. The van der Waals surface area contributed by atoms with Gasteiger partial charge in [-0.3, -0.25) is 9.48 Å². The van der Waals surface area contributed by atoms with Crippen molar-refractivity contribution in [1.82, 2.24) is 19.7 Å². The third-order valence-electron chi connectivity index (χ3n) is 6.51. The van der Waals surface area contributed by atoms with Crippen LogP contribution in [0, 0.1) is 6.92 Å². The van der Waals surface area contributed by atoms with Crippen LogP contribution in [0.5, 0.6) is 5.75 Å². The molecule has 0 bridgehead atoms. The summed E-state index contributed by atoms with van der Waals surface area (Å²) in [5, 5.41) is 14.9. The van der Waals surface area contributed by atoms with Crippen LogP contribution >= 0.6 is 0 Å². The molecule has 32 heavy (non-hydrogen) atoms. The molecule has 2 aromatic heterocycles. The number of aromatic nitrogens is 3. The van der Waals surface area contributed by atoms with Crippen molar-refractivity contribution in [1.29, 1.82) is 0 Å². The van der Waals surface area contributed by atoms with Crippen LogP contribution in [0.1, 0.15) is 34.1 Å². The number of fused-ring (bicyclic) bond motifs is 2. The number of anilines is 1. The van der Waals surface area contributed by atoms with Gasteiger partial charge in [0.2, 0.25) is 0 Å². The molecular weight excluding hydrogens is 413 g/mol. The Labute approximate surface area is 185 Å². The summed E-state index contributed by atoms with van der Waals surface area (Å²) in [4.78, 5) is 20.5. The van der Waals surface area contributed by atoms with Gasteiger partial charge in [0.15, 0.2) is 6.17 Å². The van der Waals surface area contributed by atoms with E-state index in [0.717, 1.165) is 16.5 Å². The van der Waals surface area contributed by atoms with Crippen LogP contribution < -0.4 is 9.64 Å². The van der Waals surface area contributed by atoms with E-state index in [1.807, 2.05) is 37.1 Å². The summed E-state index contributed by atoms with van der Waals surface area (Å²) in [5.41, 5.74) is 2.87. The van der Waals surface area contributed by atoms with Gasteiger partial charge in [0.1, 0.15) is 17.7 Å². The van der Waals surface area contributed by atoms with Gasteiger partial charge < -0.3 is 19.6 Å². The number of halogens is 1. The summed E-state index contributed by atoms with van der Waals surface area (Å²) >= 11 is 0. The van der Waals surface area contributed by atoms with E-state index in [-0.39, 0.29) is 19.1 Å². The number of carbonyl (C=O) groups excluding carboxylic acids is 1. The number of hydrogen-bond acceptors (Lipinski definition) is 6. The Hall–Kier alpha value is -3.20. The van der Waals surface area contributed by atoms with Crippen molar-refractivity contribution in [3.8, 4) is 5.75 Å². The van der Waals surface area contributed by atoms with Gasteiger partial charge in [-0.2, -0.15) is 5.10 Å². The van der Waals surface area contributed by atoms with Gasteiger partial charge >= 0.3 is 0 Å². The molecule has 3 atom stereocenters. The fraction of sp³-hybridized carbons (Fsp3) is 0.435. The molecule has 9 heteroatoms. The maximum atomic E-state index is 15.1. The Morgan fingerprint density at radius 3 is 2.84 bits per heavy atom. The lowest BCUT2D eigenvalue weighted by atomic mass is 10.0. The number of rotatable bonds is 4. The maximum Gasteiger partial charge on any atom is 0.256 e. The lowest BCUT2D eigenvalue weighted by Crippen LogP contribution is -2.47. The first-order chi connectivity index (χ1) is 15.4. The predicted molar refractivity (Wildman–Crippen MR) is 118 cm³/mol. The highest BCUT2D eigenvalue weighted by Crippen LogP contribution is 2.35. The van der Waals surface area contributed by atoms with E-state index in [1.54, 1.807) is 24.0 Å². The fourth-order valence-corrected chi connectivity index (χ4v) is 4.69. The van der Waals surface area contributed by atoms with E-state index < -0.39 is 18.3 Å². The lowest BCUT2D eigenvalue weighted by molar-refractivity contribution is 0.0714. The second-order valence-electron chi connectivity index (χ2n) is 8.57. The van der Waals surface area contributed by atoms with Crippen LogP contribution in [-0.4, -0.2) is 69.7 Å². The largest absolute Gasteiger partial charge is 0.487 e. The normalized spacial score (nSPS) is 23.2. The minimum absolute atomic E-state index is 0.151. The van der Waals surface area contributed by atoms with E-state index in [1.165, 1.54) is 4.90 Å². The number of pyridine rings is 1. The highest BCUT2D eigenvalue weighted by atomic mass is 19.1. The summed E-state index contributed by atoms with van der Waals surface area (Å²) in [6.07, 6.45) is 0.530. The van der Waals surface area contributed by atoms with Gasteiger partial charge in [-0.15, -0.1) is 0 Å². The maximum absolute atomic E-state index is 15.1. The molecule has 2 aliphatic heterocycles. The van der Waals surface area contributed by atoms with Crippen molar-refractivity contribution in [2.45, 2.75) is 31.7 Å². The third-order valence-corrected chi connectivity index (χ3v) is 6.51. The number of ether oxygens (including phenoxy) is 1. The van der Waals surface area contributed by atoms with Gasteiger partial charge in [0.05, 0.1) is 42.2 Å². The van der Waals surface area contributed by atoms with Crippen molar-refractivity contribution >= 4 is 22.6 Å². The van der Waals surface area contributed by atoms with Crippen molar-refractivity contribution in [3.63, 3.8) is 0 Å². The molecule has 1 N–H and O–H groups in total. The number of aliphatic hydroxyl groups excluding tert-OH is 1. The number of carbonyl (C=O) groups is 1. The zero-order valence-electron chi connectivity index (χ0n) is 18.3. The van der Waals surface area contributed by atoms with Gasteiger partial charge in [0.25, 0.3) is 5.91 Å². The molecule has 168 valence electrons. The highest BCUT2D eigenvalue weighted by Gasteiger charge is 2.38. The summed E-state index contributed by atoms with van der Waals surface area (Å²) in [6, 6.07) is 6.98. The minimum Gasteiger partial charge on any atom is -0.487 e. The number of amides is 1. The molecule has 0 aliphatic carbocycles. The van der Waals surface area contributed by atoms with Crippen molar-refractivity contribution in [2.75, 3.05) is 31.6 Å². The summed E-state index contributed by atoms with van der Waals surface area (Å²) < 4.78 is 22.9. The van der Waals surface area contributed by atoms with E-state index in [2.05, 4.69) is 5.10 Å². The molecule has 1 unspecified atom stereocenters. The number of aryl methyl sites for hydroxylation is 2. The Bertz CT molecular complexity index is 1200. The summed E-state index contributed by atoms with van der Waals surface area (Å²) in [6.45, 7) is 2.41. The van der Waals surface area contributed by atoms with Gasteiger partial charge in [-0.05, 0) is 36.8 Å². The Morgan fingerprint density at radius 1 is 1.28 bits per heavy atom. The Balaban J connectivity index is 1.33. The first kappa shape index (κ1) is 20.7. The molecule has 1 amide bonds. The molecule has 8 nitrogen and oxygen atoms in total. The number of benzene rings is 1. The zero-order chi connectivity index (χ0) is 22.6. The van der Waals surface area contributed by atoms with Gasteiger partial charge in [0, 0.05) is 32.4 Å². The van der Waals surface area contributed by atoms with E-state index in [0.29, 0.717) is 35.8 Å². The summed E-state index contributed by atoms with van der Waals surface area (Å²) in [7, 11) is 3.53. The first-order valence-electron chi connectivity index (χ1n) is 10.7. The molecule has 3 aromatic rings. The van der Waals surface area contributed by atoms with Crippen molar-refractivity contribution in [2.24, 2.45) is 7.05 Å². The fourth-order valence-electron chi connectivity index (χ4n) is 4.69. The van der Waals surface area contributed by atoms with Crippen molar-refractivity contribution < 1.29 is 19.0 Å². The van der Waals surface area contributed by atoms with E-state index in [9.17, 15) is 9.90 Å². The first-order valence-corrected chi connectivity index (χ1v) is 10.7. The molecule has 1 fully saturated rings. The van der Waals surface area contributed by atoms with Gasteiger partial charge in [-0.1, -0.05) is 0 Å². The molecule has 1 aromatic carbocycles. The van der Waals surface area contributed by atoms with Crippen LogP contribution in [0.15, 0.2) is 30.5 Å². The second kappa shape index (κ2) is 7.74. The average molecular weight is 439 g/mol. The standard InChI is InChI=1S/C23H26FN5O3/c1-13-8-16-21(19(12-30)27(2)23(16)31)26-22(13)29-7-6-20(17(24)11-29)32-15-4-5-18-14(9-15)10-25-28(18)3/h4-5,8-10,17,19-20,30H,6-7,11-12H2,1-3H3/t17-,19-,20?/m0/s1. The lowest BCUT2D eigenvalue weighted by Gasteiger charge is -2.36. The van der Waals surface area contributed by atoms with Crippen molar-refractivity contribution in [3.05, 3.63) is 47.3 Å². The highest BCUT2D eigenvalue weighted by molar-refractivity contribution is 5.99. The van der Waals surface area contributed by atoms with Crippen LogP contribution in [0.2, 0.25) is 0 Å². The zero-order valence-corrected chi connectivity index (χ0v) is 18.3. The predicted octanol–water partition coefficient (Wildman–Crippen LogP) is 2.39. The molecule has 0 spiro atoms. The quantitative estimate of drug-likeness (QED) is 0.672. The summed E-state index contributed by atoms with van der Waals surface area (Å²) in [5.74, 6) is 1.14. The number of aliphatic hydroxyl groups is 1. The Morgan fingerprint density at radius 2 is 2.09 bits per heavy atom. The topological polar surface area (TPSA) is 83.7 Å². The second-order valence-corrected chi connectivity index (χ2v) is 8.57. The molecule has 5 rings (SSSR count). The van der Waals surface area contributed by atoms with Crippen LogP contribution in [-0.2, 0) is 7.05 Å². The molecule has 0 saturated carbocycles. The number of piperidine rings is 1. The molecule has 1 saturated heterocycles. The van der Waals surface area contributed by atoms with Crippen LogP contribution in [0.25, 0.3) is 10.9 Å². The number of likely N-dealkylation sites (N-methyl/N-ethyl adjacent to an activating group) is 1. The van der Waals surface area contributed by atoms with Crippen LogP contribution in [0.3, 0.4) is 0 Å². The third kappa shape index (κ3) is 3.28. The van der Waals surface area contributed by atoms with Gasteiger partial charge in [-0.25, -0.2) is 9.37 Å².